The number of carbonyl (C=O) groups excluding carboxylic acids is 2. The average molecular weight is 351 g/mol. The molecule has 2 aromatic rings. The van der Waals surface area contributed by atoms with Gasteiger partial charge >= 0.3 is 5.97 Å². The lowest BCUT2D eigenvalue weighted by Gasteiger charge is -2.32. The molecule has 132 valence electrons. The molecular formula is C21H18FNO3. The van der Waals surface area contributed by atoms with Crippen LogP contribution in [0.3, 0.4) is 0 Å². The molecule has 1 atom stereocenters. The monoisotopic (exact) mass is 351 g/mol. The molecule has 5 heteroatoms. The predicted molar refractivity (Wildman–Crippen MR) is 95.0 cm³/mol. The number of amides is 1. The van der Waals surface area contributed by atoms with Crippen molar-refractivity contribution >= 4 is 17.6 Å². The molecule has 2 aliphatic heterocycles. The largest absolute Gasteiger partial charge is 0.456 e. The van der Waals surface area contributed by atoms with E-state index in [-0.39, 0.29) is 24.8 Å². The highest BCUT2D eigenvalue weighted by molar-refractivity contribution is 6.06. The normalized spacial score (nSPS) is 19.6. The topological polar surface area (TPSA) is 46.6 Å². The smallest absolute Gasteiger partial charge is 0.336 e. The predicted octanol–water partition coefficient (Wildman–Crippen LogP) is 3.72. The summed E-state index contributed by atoms with van der Waals surface area (Å²) in [5, 5.41) is 0. The third-order valence-corrected chi connectivity index (χ3v) is 4.99. The first-order valence-electron chi connectivity index (χ1n) is 8.66. The Kier molecular flexibility index (Phi) is 4.07. The standard InChI is InChI=1S/C21H18FNO3/c1-2-13-3-9-16(10-4-13)23-18-12-26-21(25)20(18)17(11-19(23)24)14-5-7-15(22)8-6-14/h3-10,17H,2,11-12H2,1H3/t17-/m0/s1. The van der Waals surface area contributed by atoms with Crippen LogP contribution in [0.4, 0.5) is 10.1 Å². The van der Waals surface area contributed by atoms with E-state index >= 15 is 0 Å². The van der Waals surface area contributed by atoms with Crippen LogP contribution in [0.2, 0.25) is 0 Å². The van der Waals surface area contributed by atoms with E-state index in [1.807, 2.05) is 24.3 Å². The second kappa shape index (κ2) is 6.41. The van der Waals surface area contributed by atoms with Crippen molar-refractivity contribution in [2.45, 2.75) is 25.7 Å². The van der Waals surface area contributed by atoms with Crippen LogP contribution < -0.4 is 4.90 Å². The van der Waals surface area contributed by atoms with Gasteiger partial charge in [0.15, 0.2) is 0 Å². The van der Waals surface area contributed by atoms with Gasteiger partial charge in [0.2, 0.25) is 5.91 Å². The maximum atomic E-state index is 13.2. The minimum Gasteiger partial charge on any atom is -0.456 e. The van der Waals surface area contributed by atoms with Gasteiger partial charge in [-0.05, 0) is 41.8 Å². The molecule has 4 nitrogen and oxygen atoms in total. The van der Waals surface area contributed by atoms with Crippen LogP contribution >= 0.6 is 0 Å². The van der Waals surface area contributed by atoms with E-state index in [0.717, 1.165) is 17.7 Å². The van der Waals surface area contributed by atoms with Crippen molar-refractivity contribution in [1.29, 1.82) is 0 Å². The Morgan fingerprint density at radius 3 is 2.42 bits per heavy atom. The van der Waals surface area contributed by atoms with Crippen LogP contribution in [-0.4, -0.2) is 18.5 Å². The number of anilines is 1. The molecule has 0 saturated heterocycles. The van der Waals surface area contributed by atoms with Gasteiger partial charge in [0, 0.05) is 18.0 Å². The molecule has 4 rings (SSSR count). The number of rotatable bonds is 3. The number of cyclic esters (lactones) is 1. The number of hydrogen-bond acceptors (Lipinski definition) is 3. The molecule has 0 fully saturated rings. The van der Waals surface area contributed by atoms with Crippen LogP contribution in [0.5, 0.6) is 0 Å². The summed E-state index contributed by atoms with van der Waals surface area (Å²) >= 11 is 0. The van der Waals surface area contributed by atoms with E-state index in [2.05, 4.69) is 6.92 Å². The molecule has 2 heterocycles. The zero-order chi connectivity index (χ0) is 18.3. The van der Waals surface area contributed by atoms with Crippen molar-refractivity contribution in [2.75, 3.05) is 11.5 Å². The Morgan fingerprint density at radius 2 is 1.77 bits per heavy atom. The summed E-state index contributed by atoms with van der Waals surface area (Å²) in [5.74, 6) is -1.26. The fourth-order valence-corrected chi connectivity index (χ4v) is 3.61. The highest BCUT2D eigenvalue weighted by atomic mass is 19.1. The van der Waals surface area contributed by atoms with Crippen molar-refractivity contribution in [3.8, 4) is 0 Å². The van der Waals surface area contributed by atoms with E-state index in [0.29, 0.717) is 11.3 Å². The third kappa shape index (κ3) is 2.69. The number of benzene rings is 2. The highest BCUT2D eigenvalue weighted by Gasteiger charge is 2.42. The quantitative estimate of drug-likeness (QED) is 0.792. The molecule has 0 N–H and O–H groups in total. The first kappa shape index (κ1) is 16.5. The van der Waals surface area contributed by atoms with Gasteiger partial charge < -0.3 is 4.74 Å². The fourth-order valence-electron chi connectivity index (χ4n) is 3.61. The lowest BCUT2D eigenvalue weighted by molar-refractivity contribution is -0.136. The molecule has 0 aliphatic carbocycles. The first-order chi connectivity index (χ1) is 12.6. The summed E-state index contributed by atoms with van der Waals surface area (Å²) in [5.41, 5.74) is 3.73. The molecule has 0 bridgehead atoms. The van der Waals surface area contributed by atoms with Crippen molar-refractivity contribution in [3.05, 3.63) is 76.7 Å². The highest BCUT2D eigenvalue weighted by Crippen LogP contribution is 2.41. The van der Waals surface area contributed by atoms with Crippen LogP contribution in [-0.2, 0) is 20.7 Å². The number of ether oxygens (including phenoxy) is 1. The summed E-state index contributed by atoms with van der Waals surface area (Å²) in [7, 11) is 0. The van der Waals surface area contributed by atoms with Gasteiger partial charge in [-0.1, -0.05) is 31.2 Å². The second-order valence-corrected chi connectivity index (χ2v) is 6.49. The maximum absolute atomic E-state index is 13.2. The minimum atomic E-state index is -0.406. The second-order valence-electron chi connectivity index (χ2n) is 6.49. The van der Waals surface area contributed by atoms with Crippen LogP contribution in [0, 0.1) is 5.82 Å². The van der Waals surface area contributed by atoms with Gasteiger partial charge in [0.25, 0.3) is 0 Å². The number of aryl methyl sites for hydroxylation is 1. The zero-order valence-electron chi connectivity index (χ0n) is 14.4. The maximum Gasteiger partial charge on any atom is 0.336 e. The van der Waals surface area contributed by atoms with Crippen LogP contribution in [0.25, 0.3) is 0 Å². The minimum absolute atomic E-state index is 0.0765. The van der Waals surface area contributed by atoms with Crippen LogP contribution in [0.15, 0.2) is 59.8 Å². The molecular weight excluding hydrogens is 333 g/mol. The van der Waals surface area contributed by atoms with Gasteiger partial charge in [-0.15, -0.1) is 0 Å². The van der Waals surface area contributed by atoms with E-state index in [4.69, 9.17) is 4.74 Å². The van der Waals surface area contributed by atoms with Gasteiger partial charge in [-0.3, -0.25) is 9.69 Å². The Hall–Kier alpha value is -2.95. The lowest BCUT2D eigenvalue weighted by atomic mass is 9.84. The summed E-state index contributed by atoms with van der Waals surface area (Å²) in [4.78, 5) is 26.8. The van der Waals surface area contributed by atoms with E-state index < -0.39 is 11.9 Å². The first-order valence-corrected chi connectivity index (χ1v) is 8.66. The number of hydrogen-bond donors (Lipinski definition) is 0. The molecule has 0 radical (unpaired) electrons. The number of carbonyl (C=O) groups is 2. The Balaban J connectivity index is 1.78. The molecule has 2 aromatic carbocycles. The Morgan fingerprint density at radius 1 is 1.08 bits per heavy atom. The van der Waals surface area contributed by atoms with Gasteiger partial charge in [0.1, 0.15) is 12.4 Å². The van der Waals surface area contributed by atoms with Gasteiger partial charge in [-0.2, -0.15) is 0 Å². The van der Waals surface area contributed by atoms with Crippen molar-refractivity contribution < 1.29 is 18.7 Å². The van der Waals surface area contributed by atoms with E-state index in [9.17, 15) is 14.0 Å². The molecule has 1 amide bonds. The molecule has 0 spiro atoms. The Bertz CT molecular complexity index is 900. The van der Waals surface area contributed by atoms with Crippen molar-refractivity contribution in [2.24, 2.45) is 0 Å². The van der Waals surface area contributed by atoms with Crippen molar-refractivity contribution in [1.82, 2.24) is 0 Å². The third-order valence-electron chi connectivity index (χ3n) is 4.99. The van der Waals surface area contributed by atoms with Gasteiger partial charge in [-0.25, -0.2) is 9.18 Å². The average Bonchev–Trinajstić information content (AvgIpc) is 3.03. The number of nitrogens with zero attached hydrogens (tertiary/aromatic N) is 1. The molecule has 26 heavy (non-hydrogen) atoms. The Labute approximate surface area is 150 Å². The SMILES string of the molecule is CCc1ccc(N2C(=O)C[C@@H](c3ccc(F)cc3)C3=C2COC3=O)cc1. The van der Waals surface area contributed by atoms with E-state index in [1.54, 1.807) is 17.0 Å². The molecule has 0 aromatic heterocycles. The molecule has 0 unspecified atom stereocenters. The number of halogens is 1. The molecule has 0 saturated carbocycles. The summed E-state index contributed by atoms with van der Waals surface area (Å²) in [6.07, 6.45) is 1.06. The zero-order valence-corrected chi connectivity index (χ0v) is 14.4. The van der Waals surface area contributed by atoms with E-state index in [1.165, 1.54) is 17.7 Å². The van der Waals surface area contributed by atoms with Gasteiger partial charge in [0.05, 0.1) is 11.3 Å². The van der Waals surface area contributed by atoms with Crippen LogP contribution in [0.1, 0.15) is 30.4 Å². The lowest BCUT2D eigenvalue weighted by Crippen LogP contribution is -2.37. The fraction of sp³-hybridized carbons (Fsp3) is 0.238. The number of esters is 1. The summed E-state index contributed by atoms with van der Waals surface area (Å²) in [6.45, 7) is 2.14. The summed E-state index contributed by atoms with van der Waals surface area (Å²) in [6, 6.07) is 13.7. The molecule has 2 aliphatic rings. The summed E-state index contributed by atoms with van der Waals surface area (Å²) < 4.78 is 18.5. The van der Waals surface area contributed by atoms with Crippen molar-refractivity contribution in [3.63, 3.8) is 0 Å².